The summed E-state index contributed by atoms with van der Waals surface area (Å²) in [6.45, 7) is 2.13. The van der Waals surface area contributed by atoms with Crippen molar-refractivity contribution in [1.82, 2.24) is 4.72 Å². The zero-order chi connectivity index (χ0) is 15.3. The Kier molecular flexibility index (Phi) is 5.52. The summed E-state index contributed by atoms with van der Waals surface area (Å²) < 4.78 is 27.4. The maximum absolute atomic E-state index is 12.3. The number of hydrogen-bond acceptors (Lipinski definition) is 4. The highest BCUT2D eigenvalue weighted by molar-refractivity contribution is 7.89. The van der Waals surface area contributed by atoms with Gasteiger partial charge in [-0.15, -0.1) is 11.3 Å². The summed E-state index contributed by atoms with van der Waals surface area (Å²) in [6.07, 6.45) is 1.60. The van der Waals surface area contributed by atoms with Gasteiger partial charge in [-0.25, -0.2) is 13.1 Å². The quantitative estimate of drug-likeness (QED) is 0.822. The minimum atomic E-state index is -3.48. The van der Waals surface area contributed by atoms with Crippen LogP contribution in [0.5, 0.6) is 0 Å². The molecule has 0 saturated carbocycles. The van der Waals surface area contributed by atoms with Crippen molar-refractivity contribution in [2.45, 2.75) is 37.2 Å². The minimum absolute atomic E-state index is 0.124. The van der Waals surface area contributed by atoms with Crippen LogP contribution in [-0.2, 0) is 23.0 Å². The lowest BCUT2D eigenvalue weighted by Crippen LogP contribution is -2.33. The molecule has 0 spiro atoms. The van der Waals surface area contributed by atoms with E-state index in [-0.39, 0.29) is 12.6 Å². The fourth-order valence-corrected chi connectivity index (χ4v) is 4.75. The lowest BCUT2D eigenvalue weighted by molar-refractivity contribution is 0.546. The second kappa shape index (κ2) is 7.17. The third-order valence-electron chi connectivity index (χ3n) is 3.24. The van der Waals surface area contributed by atoms with Gasteiger partial charge in [0.05, 0.1) is 4.90 Å². The molecule has 0 bridgehead atoms. The van der Waals surface area contributed by atoms with E-state index in [9.17, 15) is 8.42 Å². The normalized spacial score (nSPS) is 13.2. The van der Waals surface area contributed by atoms with E-state index in [2.05, 4.69) is 4.72 Å². The molecule has 1 aromatic heterocycles. The van der Waals surface area contributed by atoms with Gasteiger partial charge in [-0.1, -0.05) is 30.3 Å². The average Bonchev–Trinajstić information content (AvgIpc) is 2.95. The summed E-state index contributed by atoms with van der Waals surface area (Å²) in [5.74, 6) is 0. The van der Waals surface area contributed by atoms with E-state index >= 15 is 0 Å². The summed E-state index contributed by atoms with van der Waals surface area (Å²) in [7, 11) is -3.48. The van der Waals surface area contributed by atoms with Crippen molar-refractivity contribution in [3.63, 3.8) is 0 Å². The minimum Gasteiger partial charge on any atom is -0.326 e. The molecule has 1 unspecified atom stereocenters. The Morgan fingerprint density at radius 2 is 1.95 bits per heavy atom. The Morgan fingerprint density at radius 3 is 2.62 bits per heavy atom. The number of benzene rings is 1. The second-order valence-electron chi connectivity index (χ2n) is 4.96. The van der Waals surface area contributed by atoms with Crippen LogP contribution >= 0.6 is 11.3 Å². The number of nitrogens with one attached hydrogen (secondary N) is 1. The van der Waals surface area contributed by atoms with E-state index in [1.807, 2.05) is 37.3 Å². The molecule has 0 aliphatic carbocycles. The smallest absolute Gasteiger partial charge is 0.241 e. The van der Waals surface area contributed by atoms with Crippen LogP contribution in [0, 0.1) is 0 Å². The first-order valence-corrected chi connectivity index (χ1v) is 9.22. The van der Waals surface area contributed by atoms with E-state index in [4.69, 9.17) is 5.73 Å². The number of rotatable bonds is 7. The van der Waals surface area contributed by atoms with Gasteiger partial charge < -0.3 is 5.73 Å². The van der Waals surface area contributed by atoms with Crippen molar-refractivity contribution in [1.29, 1.82) is 0 Å². The maximum atomic E-state index is 12.3. The third-order valence-corrected chi connectivity index (χ3v) is 5.99. The van der Waals surface area contributed by atoms with Gasteiger partial charge in [0.15, 0.2) is 0 Å². The first-order valence-electron chi connectivity index (χ1n) is 6.85. The Bertz CT molecular complexity index is 666. The Hall–Kier alpha value is -1.21. The second-order valence-corrected chi connectivity index (χ2v) is 7.64. The summed E-state index contributed by atoms with van der Waals surface area (Å²) in [5, 5.41) is 1.76. The van der Waals surface area contributed by atoms with Gasteiger partial charge in [-0.05, 0) is 36.8 Å². The highest BCUT2D eigenvalue weighted by Gasteiger charge is 2.21. The van der Waals surface area contributed by atoms with Crippen LogP contribution in [0.15, 0.2) is 46.7 Å². The Morgan fingerprint density at radius 1 is 1.24 bits per heavy atom. The van der Waals surface area contributed by atoms with E-state index in [0.717, 1.165) is 12.8 Å². The van der Waals surface area contributed by atoms with Crippen molar-refractivity contribution in [2.24, 2.45) is 5.73 Å². The number of nitrogens with two attached hydrogens (primary N) is 1. The molecule has 0 aliphatic rings. The highest BCUT2D eigenvalue weighted by Crippen LogP contribution is 2.21. The molecule has 4 nitrogen and oxygen atoms in total. The summed E-state index contributed by atoms with van der Waals surface area (Å²) in [4.78, 5) is 0.999. The largest absolute Gasteiger partial charge is 0.326 e. The van der Waals surface area contributed by atoms with Crippen LogP contribution in [0.4, 0.5) is 0 Å². The van der Waals surface area contributed by atoms with Crippen LogP contribution < -0.4 is 10.5 Å². The zero-order valence-electron chi connectivity index (χ0n) is 12.0. The molecule has 1 aromatic carbocycles. The fourth-order valence-electron chi connectivity index (χ4n) is 2.13. The van der Waals surface area contributed by atoms with Gasteiger partial charge >= 0.3 is 0 Å². The van der Waals surface area contributed by atoms with Crippen molar-refractivity contribution >= 4 is 21.4 Å². The third kappa shape index (κ3) is 4.38. The summed E-state index contributed by atoms with van der Waals surface area (Å²) >= 11 is 1.37. The molecular formula is C15H20N2O2S2. The summed E-state index contributed by atoms with van der Waals surface area (Å²) in [5.41, 5.74) is 6.79. The molecular weight excluding hydrogens is 304 g/mol. The first kappa shape index (κ1) is 16.2. The van der Waals surface area contributed by atoms with Crippen molar-refractivity contribution < 1.29 is 8.42 Å². The maximum Gasteiger partial charge on any atom is 0.241 e. The molecule has 3 N–H and O–H groups in total. The lowest BCUT2D eigenvalue weighted by atomic mass is 10.1. The predicted octanol–water partition coefficient (Wildman–Crippen LogP) is 2.51. The standard InChI is InChI=1S/C15H20N2O2S2/c1-12(7-8-13-5-3-2-4-6-13)17-21(18,19)15-9-10-20-14(15)11-16/h2-6,9-10,12,17H,7-8,11,16H2,1H3. The average molecular weight is 324 g/mol. The van der Waals surface area contributed by atoms with Crippen LogP contribution in [0.25, 0.3) is 0 Å². The van der Waals surface area contributed by atoms with Crippen molar-refractivity contribution in [3.05, 3.63) is 52.2 Å². The van der Waals surface area contributed by atoms with E-state index in [0.29, 0.717) is 9.77 Å². The summed E-state index contributed by atoms with van der Waals surface area (Å²) in [6, 6.07) is 11.5. The lowest BCUT2D eigenvalue weighted by Gasteiger charge is -2.14. The van der Waals surface area contributed by atoms with Crippen LogP contribution in [0.2, 0.25) is 0 Å². The molecule has 0 saturated heterocycles. The molecule has 21 heavy (non-hydrogen) atoms. The van der Waals surface area contributed by atoms with Crippen LogP contribution in [0.3, 0.4) is 0 Å². The van der Waals surface area contributed by atoms with Crippen molar-refractivity contribution in [2.75, 3.05) is 0 Å². The molecule has 2 aromatic rings. The van der Waals surface area contributed by atoms with Gasteiger partial charge in [0.2, 0.25) is 10.0 Å². The van der Waals surface area contributed by atoms with Gasteiger partial charge in [0, 0.05) is 17.5 Å². The Balaban J connectivity index is 1.97. The van der Waals surface area contributed by atoms with Gasteiger partial charge in [0.1, 0.15) is 0 Å². The monoisotopic (exact) mass is 324 g/mol. The molecule has 114 valence electrons. The molecule has 0 amide bonds. The molecule has 0 fully saturated rings. The van der Waals surface area contributed by atoms with Crippen molar-refractivity contribution in [3.8, 4) is 0 Å². The molecule has 1 atom stereocenters. The van der Waals surface area contributed by atoms with Crippen LogP contribution in [0.1, 0.15) is 23.8 Å². The van der Waals surface area contributed by atoms with E-state index < -0.39 is 10.0 Å². The topological polar surface area (TPSA) is 72.2 Å². The molecule has 0 aliphatic heterocycles. The molecule has 0 radical (unpaired) electrons. The number of aryl methyl sites for hydroxylation is 1. The van der Waals surface area contributed by atoms with Crippen LogP contribution in [-0.4, -0.2) is 14.5 Å². The number of hydrogen-bond donors (Lipinski definition) is 2. The van der Waals surface area contributed by atoms with Gasteiger partial charge in [-0.3, -0.25) is 0 Å². The molecule has 2 rings (SSSR count). The number of sulfonamides is 1. The van der Waals surface area contributed by atoms with Gasteiger partial charge in [0.25, 0.3) is 0 Å². The number of thiophene rings is 1. The SMILES string of the molecule is CC(CCc1ccccc1)NS(=O)(=O)c1ccsc1CN. The predicted molar refractivity (Wildman–Crippen MR) is 86.8 cm³/mol. The first-order chi connectivity index (χ1) is 10.0. The zero-order valence-corrected chi connectivity index (χ0v) is 13.6. The highest BCUT2D eigenvalue weighted by atomic mass is 32.2. The van der Waals surface area contributed by atoms with E-state index in [1.165, 1.54) is 16.9 Å². The van der Waals surface area contributed by atoms with E-state index in [1.54, 1.807) is 11.4 Å². The molecule has 1 heterocycles. The molecule has 6 heteroatoms. The Labute approximate surface area is 130 Å². The fraction of sp³-hybridized carbons (Fsp3) is 0.333. The van der Waals surface area contributed by atoms with Gasteiger partial charge in [-0.2, -0.15) is 0 Å².